The second kappa shape index (κ2) is 9.55. The van der Waals surface area contributed by atoms with E-state index in [0.29, 0.717) is 26.2 Å². The fourth-order valence-corrected chi connectivity index (χ4v) is 3.55. The Morgan fingerprint density at radius 1 is 1.11 bits per heavy atom. The van der Waals surface area contributed by atoms with E-state index >= 15 is 0 Å². The van der Waals surface area contributed by atoms with Gasteiger partial charge in [0, 0.05) is 51.5 Å². The second-order valence-electron chi connectivity index (χ2n) is 6.90. The number of anilines is 1. The number of nitrogens with one attached hydrogen (secondary N) is 1. The Hall–Kier alpha value is -2.35. The summed E-state index contributed by atoms with van der Waals surface area (Å²) in [4.78, 5) is 34.4. The molecule has 1 aromatic rings. The Bertz CT molecular complexity index is 611. The number of amides is 2. The molecular weight excluding hydrogens is 346 g/mol. The molecule has 8 nitrogen and oxygen atoms in total. The molecule has 2 saturated heterocycles. The van der Waals surface area contributed by atoms with Gasteiger partial charge in [0.25, 0.3) is 0 Å². The normalized spacial score (nSPS) is 18.5. The van der Waals surface area contributed by atoms with Crippen LogP contribution in [0.1, 0.15) is 19.8 Å². The highest BCUT2D eigenvalue weighted by molar-refractivity contribution is 5.78. The number of hydrogen-bond donors (Lipinski definition) is 1. The van der Waals surface area contributed by atoms with Gasteiger partial charge in [0.2, 0.25) is 5.91 Å². The molecule has 2 amide bonds. The predicted molar refractivity (Wildman–Crippen MR) is 103 cm³/mol. The van der Waals surface area contributed by atoms with Crippen molar-refractivity contribution in [3.63, 3.8) is 0 Å². The maximum atomic E-state index is 12.5. The second-order valence-corrected chi connectivity index (χ2v) is 6.90. The van der Waals surface area contributed by atoms with E-state index in [4.69, 9.17) is 4.74 Å². The zero-order chi connectivity index (χ0) is 19.1. The molecule has 2 fully saturated rings. The van der Waals surface area contributed by atoms with E-state index in [1.54, 1.807) is 11.1 Å². The maximum Gasteiger partial charge on any atom is 0.409 e. The Labute approximate surface area is 160 Å². The van der Waals surface area contributed by atoms with Crippen LogP contribution >= 0.6 is 0 Å². The Kier molecular flexibility index (Phi) is 6.86. The van der Waals surface area contributed by atoms with Crippen molar-refractivity contribution >= 4 is 17.8 Å². The number of aromatic nitrogens is 1. The molecule has 2 aliphatic rings. The molecular formula is C19H29N5O3. The van der Waals surface area contributed by atoms with E-state index in [-0.39, 0.29) is 18.0 Å². The third kappa shape index (κ3) is 5.32. The van der Waals surface area contributed by atoms with E-state index in [2.05, 4.69) is 15.2 Å². The van der Waals surface area contributed by atoms with Crippen molar-refractivity contribution in [2.24, 2.45) is 0 Å². The largest absolute Gasteiger partial charge is 0.450 e. The lowest BCUT2D eigenvalue weighted by molar-refractivity contribution is -0.130. The molecule has 1 aromatic heterocycles. The van der Waals surface area contributed by atoms with E-state index < -0.39 is 0 Å². The van der Waals surface area contributed by atoms with Crippen molar-refractivity contribution in [2.45, 2.75) is 25.8 Å². The minimum absolute atomic E-state index is 0.142. The van der Waals surface area contributed by atoms with Crippen LogP contribution in [0.25, 0.3) is 0 Å². The Balaban J connectivity index is 1.35. The topological polar surface area (TPSA) is 78.0 Å². The summed E-state index contributed by atoms with van der Waals surface area (Å²) in [5.41, 5.74) is 0. The van der Waals surface area contributed by atoms with Gasteiger partial charge in [-0.3, -0.25) is 4.79 Å². The molecule has 0 radical (unpaired) electrons. The predicted octanol–water partition coefficient (Wildman–Crippen LogP) is 0.941. The molecule has 0 aromatic carbocycles. The van der Waals surface area contributed by atoms with Crippen LogP contribution in [0.2, 0.25) is 0 Å². The number of rotatable bonds is 5. The molecule has 2 aliphatic heterocycles. The van der Waals surface area contributed by atoms with Gasteiger partial charge in [-0.2, -0.15) is 0 Å². The summed E-state index contributed by atoms with van der Waals surface area (Å²) in [5, 5.41) is 3.36. The van der Waals surface area contributed by atoms with Gasteiger partial charge in [0.1, 0.15) is 5.82 Å². The molecule has 0 atom stereocenters. The van der Waals surface area contributed by atoms with Crippen LogP contribution in [0.15, 0.2) is 24.4 Å². The SMILES string of the molecule is CCOC(=O)N1CCC(NCC(=O)N2CCN(c3ccccn3)CC2)CC1. The van der Waals surface area contributed by atoms with Gasteiger partial charge in [0.05, 0.1) is 13.2 Å². The highest BCUT2D eigenvalue weighted by Crippen LogP contribution is 2.13. The van der Waals surface area contributed by atoms with Crippen molar-refractivity contribution in [3.05, 3.63) is 24.4 Å². The number of piperidine rings is 1. The zero-order valence-electron chi connectivity index (χ0n) is 16.0. The van der Waals surface area contributed by atoms with Crippen LogP contribution in [0, 0.1) is 0 Å². The number of nitrogens with zero attached hydrogens (tertiary/aromatic N) is 4. The molecule has 1 N–H and O–H groups in total. The highest BCUT2D eigenvalue weighted by Gasteiger charge is 2.25. The molecule has 148 valence electrons. The lowest BCUT2D eigenvalue weighted by atomic mass is 10.1. The summed E-state index contributed by atoms with van der Waals surface area (Å²) >= 11 is 0. The van der Waals surface area contributed by atoms with Gasteiger partial charge in [-0.25, -0.2) is 9.78 Å². The summed E-state index contributed by atoms with van der Waals surface area (Å²) in [6, 6.07) is 6.17. The minimum atomic E-state index is -0.238. The van der Waals surface area contributed by atoms with E-state index in [0.717, 1.165) is 44.8 Å². The lowest BCUT2D eigenvalue weighted by Crippen LogP contribution is -2.52. The van der Waals surface area contributed by atoms with Crippen LogP contribution in [0.4, 0.5) is 10.6 Å². The third-order valence-electron chi connectivity index (χ3n) is 5.17. The number of carbonyl (C=O) groups is 2. The van der Waals surface area contributed by atoms with Crippen LogP contribution in [0.5, 0.6) is 0 Å². The van der Waals surface area contributed by atoms with Crippen LogP contribution in [0.3, 0.4) is 0 Å². The van der Waals surface area contributed by atoms with Gasteiger partial charge in [0.15, 0.2) is 0 Å². The molecule has 27 heavy (non-hydrogen) atoms. The lowest BCUT2D eigenvalue weighted by Gasteiger charge is -2.36. The van der Waals surface area contributed by atoms with Crippen molar-refractivity contribution in [1.29, 1.82) is 0 Å². The molecule has 0 bridgehead atoms. The fourth-order valence-electron chi connectivity index (χ4n) is 3.55. The van der Waals surface area contributed by atoms with E-state index in [1.807, 2.05) is 30.0 Å². The number of ether oxygens (including phenoxy) is 1. The smallest absolute Gasteiger partial charge is 0.409 e. The monoisotopic (exact) mass is 375 g/mol. The van der Waals surface area contributed by atoms with Gasteiger partial charge in [-0.1, -0.05) is 6.07 Å². The number of hydrogen-bond acceptors (Lipinski definition) is 6. The quantitative estimate of drug-likeness (QED) is 0.825. The first-order valence-electron chi connectivity index (χ1n) is 9.76. The summed E-state index contributed by atoms with van der Waals surface area (Å²) < 4.78 is 5.03. The third-order valence-corrected chi connectivity index (χ3v) is 5.17. The van der Waals surface area contributed by atoms with Crippen LogP contribution in [-0.2, 0) is 9.53 Å². The maximum absolute atomic E-state index is 12.5. The number of piperazine rings is 1. The molecule has 0 unspecified atom stereocenters. The van der Waals surface area contributed by atoms with Gasteiger partial charge < -0.3 is 24.8 Å². The molecule has 3 heterocycles. The summed E-state index contributed by atoms with van der Waals surface area (Å²) in [6.07, 6.45) is 3.25. The summed E-state index contributed by atoms with van der Waals surface area (Å²) in [5.74, 6) is 1.11. The minimum Gasteiger partial charge on any atom is -0.450 e. The van der Waals surface area contributed by atoms with Gasteiger partial charge >= 0.3 is 6.09 Å². The first-order valence-corrected chi connectivity index (χ1v) is 9.76. The van der Waals surface area contributed by atoms with Crippen molar-refractivity contribution < 1.29 is 14.3 Å². The van der Waals surface area contributed by atoms with Crippen molar-refractivity contribution in [1.82, 2.24) is 20.1 Å². The molecule has 0 spiro atoms. The number of likely N-dealkylation sites (tertiary alicyclic amines) is 1. The van der Waals surface area contributed by atoms with Crippen molar-refractivity contribution in [3.8, 4) is 0 Å². The fraction of sp³-hybridized carbons (Fsp3) is 0.632. The zero-order valence-corrected chi connectivity index (χ0v) is 16.0. The van der Waals surface area contributed by atoms with Crippen LogP contribution in [-0.4, -0.2) is 85.2 Å². The highest BCUT2D eigenvalue weighted by atomic mass is 16.6. The summed E-state index contributed by atoms with van der Waals surface area (Å²) in [6.45, 7) is 6.97. The van der Waals surface area contributed by atoms with E-state index in [1.165, 1.54) is 0 Å². The van der Waals surface area contributed by atoms with Crippen LogP contribution < -0.4 is 10.2 Å². The molecule has 8 heteroatoms. The molecule has 0 aliphatic carbocycles. The summed E-state index contributed by atoms with van der Waals surface area (Å²) in [7, 11) is 0. The van der Waals surface area contributed by atoms with Gasteiger partial charge in [-0.05, 0) is 31.9 Å². The first-order chi connectivity index (χ1) is 13.2. The Morgan fingerprint density at radius 3 is 2.48 bits per heavy atom. The molecule has 3 rings (SSSR count). The number of pyridine rings is 1. The van der Waals surface area contributed by atoms with E-state index in [9.17, 15) is 9.59 Å². The average Bonchev–Trinajstić information content (AvgIpc) is 2.73. The first kappa shape index (κ1) is 19.4. The molecule has 0 saturated carbocycles. The number of carbonyl (C=O) groups excluding carboxylic acids is 2. The average molecular weight is 375 g/mol. The Morgan fingerprint density at radius 2 is 1.85 bits per heavy atom. The van der Waals surface area contributed by atoms with Gasteiger partial charge in [-0.15, -0.1) is 0 Å². The standard InChI is InChI=1S/C19H29N5O3/c1-2-27-19(26)24-9-6-16(7-10-24)21-15-18(25)23-13-11-22(12-14-23)17-5-3-4-8-20-17/h3-5,8,16,21H,2,6-7,9-15H2,1H3. The van der Waals surface area contributed by atoms with Crippen molar-refractivity contribution in [2.75, 3.05) is 57.3 Å².